The molecule has 0 saturated carbocycles. The fourth-order valence-electron chi connectivity index (χ4n) is 3.15. The van der Waals surface area contributed by atoms with E-state index < -0.39 is 6.17 Å². The van der Waals surface area contributed by atoms with Gasteiger partial charge in [-0.2, -0.15) is 0 Å². The Morgan fingerprint density at radius 2 is 2.11 bits per heavy atom. The number of rotatable bonds is 4. The van der Waals surface area contributed by atoms with Crippen LogP contribution in [0.25, 0.3) is 5.70 Å². The van der Waals surface area contributed by atoms with Crippen LogP contribution in [0.5, 0.6) is 5.75 Å². The zero-order chi connectivity index (χ0) is 19.7. The molecule has 0 spiro atoms. The van der Waals surface area contributed by atoms with Gasteiger partial charge in [-0.1, -0.05) is 54.6 Å². The van der Waals surface area contributed by atoms with Crippen molar-refractivity contribution in [3.63, 3.8) is 0 Å². The third-order valence-corrected chi connectivity index (χ3v) is 5.80. The molecule has 1 atom stereocenters. The first-order valence-electron chi connectivity index (χ1n) is 8.95. The average molecular weight is 415 g/mol. The molecule has 0 unspecified atom stereocenters. The second-order valence-electron chi connectivity index (χ2n) is 6.31. The fourth-order valence-corrected chi connectivity index (χ4v) is 4.13. The molecule has 2 heterocycles. The van der Waals surface area contributed by atoms with E-state index in [1.54, 1.807) is 24.3 Å². The van der Waals surface area contributed by atoms with Crippen molar-refractivity contribution in [2.75, 3.05) is 12.9 Å². The summed E-state index contributed by atoms with van der Waals surface area (Å²) in [5, 5.41) is 11.9. The predicted molar refractivity (Wildman–Crippen MR) is 112 cm³/mol. The minimum atomic E-state index is -0.489. The van der Waals surface area contributed by atoms with Gasteiger partial charge in [0.1, 0.15) is 11.4 Å². The maximum Gasteiger partial charge on any atom is 0.276 e. The van der Waals surface area contributed by atoms with Crippen LogP contribution in [0.4, 0.5) is 0 Å². The van der Waals surface area contributed by atoms with E-state index in [0.29, 0.717) is 21.6 Å². The average Bonchev–Trinajstić information content (AvgIpc) is 2.71. The van der Waals surface area contributed by atoms with Gasteiger partial charge in [-0.15, -0.1) is 5.10 Å². The summed E-state index contributed by atoms with van der Waals surface area (Å²) in [6.45, 7) is 2.09. The number of amides is 1. The van der Waals surface area contributed by atoms with Gasteiger partial charge in [-0.05, 0) is 24.6 Å². The van der Waals surface area contributed by atoms with Gasteiger partial charge in [0.25, 0.3) is 5.91 Å². The summed E-state index contributed by atoms with van der Waals surface area (Å²) < 4.78 is 5.25. The largest absolute Gasteiger partial charge is 0.495 e. The van der Waals surface area contributed by atoms with Gasteiger partial charge in [-0.3, -0.25) is 15.1 Å². The van der Waals surface area contributed by atoms with Crippen LogP contribution in [0.3, 0.4) is 0 Å². The van der Waals surface area contributed by atoms with Crippen LogP contribution in [0.15, 0.2) is 52.6 Å². The Labute approximate surface area is 171 Å². The summed E-state index contributed by atoms with van der Waals surface area (Å²) in [6.07, 6.45) is 0.498. The minimum absolute atomic E-state index is 0.180. The first-order chi connectivity index (χ1) is 13.6. The summed E-state index contributed by atoms with van der Waals surface area (Å²) in [6, 6.07) is 13.1. The summed E-state index contributed by atoms with van der Waals surface area (Å²) in [5.74, 6) is 1.28. The van der Waals surface area contributed by atoms with Crippen molar-refractivity contribution >= 4 is 40.1 Å². The molecule has 1 amide bonds. The quantitative estimate of drug-likeness (QED) is 0.835. The Hall–Kier alpha value is -2.51. The lowest BCUT2D eigenvalue weighted by molar-refractivity contribution is -0.116. The van der Waals surface area contributed by atoms with Crippen LogP contribution in [0.2, 0.25) is 5.02 Å². The highest BCUT2D eigenvalue weighted by atomic mass is 35.5. The van der Waals surface area contributed by atoms with Gasteiger partial charge >= 0.3 is 0 Å². The SMILES string of the molecule is CCCSC1=NN2C(=c3ccccc3=N[C@H]2c2ccc(OC)c(Cl)c2)C(=O)N1. The van der Waals surface area contributed by atoms with Crippen molar-refractivity contribution in [3.05, 3.63) is 63.6 Å². The molecular formula is C20H19ClN4O2S. The van der Waals surface area contributed by atoms with E-state index in [-0.39, 0.29) is 5.91 Å². The molecule has 1 N–H and O–H groups in total. The van der Waals surface area contributed by atoms with E-state index in [9.17, 15) is 4.79 Å². The van der Waals surface area contributed by atoms with Gasteiger partial charge in [0.2, 0.25) is 0 Å². The Morgan fingerprint density at radius 3 is 2.86 bits per heavy atom. The third kappa shape index (κ3) is 3.36. The molecule has 0 radical (unpaired) electrons. The molecule has 0 fully saturated rings. The minimum Gasteiger partial charge on any atom is -0.495 e. The number of nitrogens with zero attached hydrogens (tertiary/aromatic N) is 3. The molecule has 2 aliphatic heterocycles. The van der Waals surface area contributed by atoms with Crippen LogP contribution < -0.4 is 20.6 Å². The molecule has 4 rings (SSSR count). The number of benzene rings is 2. The molecule has 144 valence electrons. The Kier molecular flexibility index (Phi) is 5.28. The van der Waals surface area contributed by atoms with Crippen LogP contribution >= 0.6 is 23.4 Å². The van der Waals surface area contributed by atoms with Crippen molar-refractivity contribution in [1.82, 2.24) is 10.3 Å². The number of hydrogen-bond donors (Lipinski definition) is 1. The lowest BCUT2D eigenvalue weighted by atomic mass is 10.1. The predicted octanol–water partition coefficient (Wildman–Crippen LogP) is 2.63. The van der Waals surface area contributed by atoms with Crippen LogP contribution in [0.1, 0.15) is 25.1 Å². The second kappa shape index (κ2) is 7.85. The molecule has 0 saturated heterocycles. The zero-order valence-electron chi connectivity index (χ0n) is 15.5. The van der Waals surface area contributed by atoms with Crippen LogP contribution in [-0.4, -0.2) is 28.9 Å². The number of nitrogens with one attached hydrogen (secondary N) is 1. The topological polar surface area (TPSA) is 66.3 Å². The van der Waals surface area contributed by atoms with Crippen LogP contribution in [-0.2, 0) is 4.79 Å². The van der Waals surface area contributed by atoms with Crippen LogP contribution in [0, 0.1) is 0 Å². The van der Waals surface area contributed by atoms with Gasteiger partial charge in [0, 0.05) is 16.5 Å². The number of amidine groups is 1. The Morgan fingerprint density at radius 1 is 1.29 bits per heavy atom. The number of hydrogen-bond acceptors (Lipinski definition) is 6. The van der Waals surface area contributed by atoms with Crippen molar-refractivity contribution in [2.45, 2.75) is 19.5 Å². The number of carbonyl (C=O) groups is 1. The molecule has 6 nitrogen and oxygen atoms in total. The highest BCUT2D eigenvalue weighted by molar-refractivity contribution is 8.13. The van der Waals surface area contributed by atoms with E-state index in [1.807, 2.05) is 30.3 Å². The summed E-state index contributed by atoms with van der Waals surface area (Å²) >= 11 is 7.86. The van der Waals surface area contributed by atoms with Gasteiger partial charge in [0.05, 0.1) is 17.5 Å². The first-order valence-corrected chi connectivity index (χ1v) is 10.3. The summed E-state index contributed by atoms with van der Waals surface area (Å²) in [7, 11) is 1.57. The second-order valence-corrected chi connectivity index (χ2v) is 7.81. The van der Waals surface area contributed by atoms with E-state index in [0.717, 1.165) is 28.3 Å². The van der Waals surface area contributed by atoms with E-state index in [1.165, 1.54) is 11.8 Å². The van der Waals surface area contributed by atoms with Crippen molar-refractivity contribution in [2.24, 2.45) is 10.1 Å². The smallest absolute Gasteiger partial charge is 0.276 e. The van der Waals surface area contributed by atoms with Crippen molar-refractivity contribution < 1.29 is 9.53 Å². The maximum atomic E-state index is 12.9. The lowest BCUT2D eigenvalue weighted by Crippen LogP contribution is -2.50. The number of halogens is 1. The molecule has 8 heteroatoms. The fraction of sp³-hybridized carbons (Fsp3) is 0.250. The highest BCUT2D eigenvalue weighted by Crippen LogP contribution is 2.34. The number of methoxy groups -OCH3 is 1. The van der Waals surface area contributed by atoms with Gasteiger partial charge in [-0.25, -0.2) is 5.01 Å². The van der Waals surface area contributed by atoms with E-state index >= 15 is 0 Å². The maximum absolute atomic E-state index is 12.9. The first kappa shape index (κ1) is 18.8. The molecular weight excluding hydrogens is 396 g/mol. The highest BCUT2D eigenvalue weighted by Gasteiger charge is 2.34. The normalized spacial score (nSPS) is 17.9. The Bertz CT molecular complexity index is 1090. The number of ether oxygens (including phenoxy) is 1. The number of thioether (sulfide) groups is 1. The van der Waals surface area contributed by atoms with Gasteiger partial charge < -0.3 is 4.74 Å². The number of hydrazone groups is 1. The number of para-hydroxylation sites is 1. The van der Waals surface area contributed by atoms with E-state index in [4.69, 9.17) is 26.4 Å². The number of carbonyl (C=O) groups excluding carboxylic acids is 1. The standard InChI is InChI=1S/C20H19ClN4O2S/c1-3-10-28-20-23-19(26)17-13-6-4-5-7-15(13)22-18(25(17)24-20)12-8-9-16(27-2)14(21)11-12/h4-9,11,18H,3,10H2,1-2H3,(H,23,24,26)/t18-/m1/s1. The molecule has 0 bridgehead atoms. The van der Waals surface area contributed by atoms with Crippen molar-refractivity contribution in [3.8, 4) is 5.75 Å². The molecule has 2 aliphatic rings. The molecule has 0 aromatic heterocycles. The molecule has 0 aliphatic carbocycles. The zero-order valence-corrected chi connectivity index (χ0v) is 17.0. The number of fused-ring (bicyclic) bond motifs is 2. The summed E-state index contributed by atoms with van der Waals surface area (Å²) in [5.41, 5.74) is 1.32. The Balaban J connectivity index is 1.88. The molecule has 2 aromatic rings. The van der Waals surface area contributed by atoms with E-state index in [2.05, 4.69) is 12.2 Å². The molecule has 2 aromatic carbocycles. The molecule has 28 heavy (non-hydrogen) atoms. The lowest BCUT2D eigenvalue weighted by Gasteiger charge is -2.34. The third-order valence-electron chi connectivity index (χ3n) is 4.43. The monoisotopic (exact) mass is 414 g/mol. The van der Waals surface area contributed by atoms with Crippen molar-refractivity contribution in [1.29, 1.82) is 0 Å². The summed E-state index contributed by atoms with van der Waals surface area (Å²) in [4.78, 5) is 17.8. The van der Waals surface area contributed by atoms with Gasteiger partial charge in [0.15, 0.2) is 11.3 Å².